The first-order valence-electron chi connectivity index (χ1n) is 6.91. The molecule has 6 nitrogen and oxygen atoms in total. The number of thiazole rings is 1. The van der Waals surface area contributed by atoms with Crippen molar-refractivity contribution in [3.63, 3.8) is 0 Å². The molecule has 1 aromatic rings. The minimum Gasteiger partial charge on any atom is -0.480 e. The molecule has 2 unspecified atom stereocenters. The van der Waals surface area contributed by atoms with Gasteiger partial charge in [0, 0.05) is 10.8 Å². The molecule has 2 atom stereocenters. The molecule has 2 amide bonds. The summed E-state index contributed by atoms with van der Waals surface area (Å²) < 4.78 is 0. The van der Waals surface area contributed by atoms with Crippen LogP contribution in [0.4, 0.5) is 9.93 Å². The summed E-state index contributed by atoms with van der Waals surface area (Å²) in [5, 5.41) is 16.6. The Hall–Kier alpha value is -1.63. The number of urea groups is 1. The van der Waals surface area contributed by atoms with E-state index < -0.39 is 18.0 Å². The van der Waals surface area contributed by atoms with Crippen molar-refractivity contribution >= 4 is 28.5 Å². The lowest BCUT2D eigenvalue weighted by molar-refractivity contribution is -0.140. The van der Waals surface area contributed by atoms with Crippen molar-refractivity contribution in [2.24, 2.45) is 5.92 Å². The smallest absolute Gasteiger partial charge is 0.326 e. The molecule has 0 bridgehead atoms. The molecule has 118 valence electrons. The molecule has 0 aliphatic carbocycles. The normalized spacial score (nSPS) is 14.3. The average molecular weight is 313 g/mol. The number of aliphatic carboxylic acids is 1. The van der Waals surface area contributed by atoms with Crippen LogP contribution in [0.15, 0.2) is 5.38 Å². The van der Waals surface area contributed by atoms with Crippen LogP contribution in [0.2, 0.25) is 0 Å². The number of rotatable bonds is 5. The second kappa shape index (κ2) is 6.89. The first kappa shape index (κ1) is 17.4. The molecular weight excluding hydrogens is 290 g/mol. The highest BCUT2D eigenvalue weighted by Crippen LogP contribution is 2.26. The summed E-state index contributed by atoms with van der Waals surface area (Å²) >= 11 is 1.32. The maximum atomic E-state index is 11.9. The van der Waals surface area contributed by atoms with E-state index in [9.17, 15) is 9.59 Å². The number of hydrogen-bond acceptors (Lipinski definition) is 4. The lowest BCUT2D eigenvalue weighted by Gasteiger charge is -2.20. The van der Waals surface area contributed by atoms with E-state index in [0.717, 1.165) is 5.69 Å². The Morgan fingerprint density at radius 1 is 1.43 bits per heavy atom. The van der Waals surface area contributed by atoms with Crippen molar-refractivity contribution in [3.05, 3.63) is 11.1 Å². The molecule has 21 heavy (non-hydrogen) atoms. The number of carboxylic acids is 1. The number of nitrogens with one attached hydrogen (secondary N) is 2. The summed E-state index contributed by atoms with van der Waals surface area (Å²) in [5.41, 5.74) is 0.798. The van der Waals surface area contributed by atoms with Gasteiger partial charge < -0.3 is 10.4 Å². The number of carbonyl (C=O) groups excluding carboxylic acids is 1. The van der Waals surface area contributed by atoms with Gasteiger partial charge >= 0.3 is 12.0 Å². The highest BCUT2D eigenvalue weighted by Gasteiger charge is 2.26. The number of carboxylic acid groups (broad SMARTS) is 1. The Kier molecular flexibility index (Phi) is 5.71. The van der Waals surface area contributed by atoms with E-state index in [1.165, 1.54) is 11.3 Å². The first-order chi connectivity index (χ1) is 9.65. The molecule has 0 spiro atoms. The summed E-state index contributed by atoms with van der Waals surface area (Å²) in [5.74, 6) is -1.18. The third kappa shape index (κ3) is 5.00. The van der Waals surface area contributed by atoms with Crippen molar-refractivity contribution in [1.29, 1.82) is 0 Å². The van der Waals surface area contributed by atoms with Gasteiger partial charge in [-0.3, -0.25) is 5.32 Å². The zero-order chi connectivity index (χ0) is 16.2. The molecule has 1 heterocycles. The number of anilines is 1. The molecule has 0 saturated carbocycles. The van der Waals surface area contributed by atoms with Crippen LogP contribution in [0, 0.1) is 5.92 Å². The molecule has 0 aromatic carbocycles. The molecule has 0 aliphatic rings. The largest absolute Gasteiger partial charge is 0.480 e. The van der Waals surface area contributed by atoms with Gasteiger partial charge in [-0.15, -0.1) is 11.3 Å². The Morgan fingerprint density at radius 3 is 2.48 bits per heavy atom. The Bertz CT molecular complexity index is 508. The Labute approximate surface area is 129 Å². The van der Waals surface area contributed by atoms with Gasteiger partial charge in [0.2, 0.25) is 0 Å². The number of aromatic nitrogens is 1. The first-order valence-corrected chi connectivity index (χ1v) is 7.79. The van der Waals surface area contributed by atoms with Gasteiger partial charge in [-0.05, 0) is 5.92 Å². The standard InChI is InChI=1S/C14H23N3O3S/c1-6-8(2)10(11(18)19)16-12(20)17-13-15-9(7-21-13)14(3,4)5/h7-8,10H,6H2,1-5H3,(H,18,19)(H2,15,16,17,20). The summed E-state index contributed by atoms with van der Waals surface area (Å²) in [6.45, 7) is 9.79. The highest BCUT2D eigenvalue weighted by molar-refractivity contribution is 7.13. The van der Waals surface area contributed by atoms with Crippen molar-refractivity contribution in [2.75, 3.05) is 5.32 Å². The predicted molar refractivity (Wildman–Crippen MR) is 83.8 cm³/mol. The zero-order valence-electron chi connectivity index (χ0n) is 13.1. The van der Waals surface area contributed by atoms with Crippen LogP contribution in [0.3, 0.4) is 0 Å². The molecular formula is C14H23N3O3S. The lowest BCUT2D eigenvalue weighted by atomic mass is 9.93. The fourth-order valence-electron chi connectivity index (χ4n) is 1.63. The fourth-order valence-corrected chi connectivity index (χ4v) is 2.57. The van der Waals surface area contributed by atoms with Crippen LogP contribution in [0.5, 0.6) is 0 Å². The average Bonchev–Trinajstić information content (AvgIpc) is 2.83. The maximum absolute atomic E-state index is 11.9. The molecule has 0 fully saturated rings. The van der Waals surface area contributed by atoms with Gasteiger partial charge in [-0.25, -0.2) is 14.6 Å². The molecule has 0 radical (unpaired) electrons. The minimum absolute atomic E-state index is 0.0900. The minimum atomic E-state index is -1.03. The van der Waals surface area contributed by atoms with Crippen LogP contribution in [-0.4, -0.2) is 28.1 Å². The summed E-state index contributed by atoms with van der Waals surface area (Å²) in [6.07, 6.45) is 0.669. The highest BCUT2D eigenvalue weighted by atomic mass is 32.1. The van der Waals surface area contributed by atoms with Gasteiger partial charge in [0.1, 0.15) is 6.04 Å². The predicted octanol–water partition coefficient (Wildman–Crippen LogP) is 3.06. The monoisotopic (exact) mass is 313 g/mol. The molecule has 1 rings (SSSR count). The Balaban J connectivity index is 2.68. The van der Waals surface area contributed by atoms with E-state index in [-0.39, 0.29) is 11.3 Å². The van der Waals surface area contributed by atoms with Gasteiger partial charge in [-0.1, -0.05) is 41.0 Å². The second-order valence-corrected chi connectivity index (χ2v) is 6.95. The topological polar surface area (TPSA) is 91.3 Å². The zero-order valence-corrected chi connectivity index (χ0v) is 13.9. The summed E-state index contributed by atoms with van der Waals surface area (Å²) in [7, 11) is 0. The van der Waals surface area contributed by atoms with Gasteiger partial charge in [0.25, 0.3) is 0 Å². The van der Waals surface area contributed by atoms with Crippen molar-refractivity contribution < 1.29 is 14.7 Å². The molecule has 0 aliphatic heterocycles. The lowest BCUT2D eigenvalue weighted by Crippen LogP contribution is -2.46. The van der Waals surface area contributed by atoms with Gasteiger partial charge in [0.15, 0.2) is 5.13 Å². The number of hydrogen-bond donors (Lipinski definition) is 3. The molecule has 3 N–H and O–H groups in total. The van der Waals surface area contributed by atoms with E-state index in [4.69, 9.17) is 5.11 Å². The van der Waals surface area contributed by atoms with Crippen molar-refractivity contribution in [1.82, 2.24) is 10.3 Å². The molecule has 7 heteroatoms. The number of carbonyl (C=O) groups is 2. The van der Waals surface area contributed by atoms with E-state index in [1.807, 2.05) is 33.1 Å². The fraction of sp³-hybridized carbons (Fsp3) is 0.643. The third-order valence-corrected chi connectivity index (χ3v) is 4.02. The Morgan fingerprint density at radius 2 is 2.05 bits per heavy atom. The van der Waals surface area contributed by atoms with E-state index >= 15 is 0 Å². The second-order valence-electron chi connectivity index (χ2n) is 6.09. The maximum Gasteiger partial charge on any atom is 0.326 e. The van der Waals surface area contributed by atoms with Crippen LogP contribution in [0.25, 0.3) is 0 Å². The van der Waals surface area contributed by atoms with Crippen molar-refractivity contribution in [2.45, 2.75) is 52.5 Å². The van der Waals surface area contributed by atoms with E-state index in [0.29, 0.717) is 11.6 Å². The SMILES string of the molecule is CCC(C)C(NC(=O)Nc1nc(C(C)(C)C)cs1)C(=O)O. The van der Waals surface area contributed by atoms with Gasteiger partial charge in [0.05, 0.1) is 5.69 Å². The summed E-state index contributed by atoms with van der Waals surface area (Å²) in [4.78, 5) is 27.4. The van der Waals surface area contributed by atoms with Crippen LogP contribution >= 0.6 is 11.3 Å². The number of nitrogens with zero attached hydrogens (tertiary/aromatic N) is 1. The van der Waals surface area contributed by atoms with E-state index in [2.05, 4.69) is 15.6 Å². The quantitative estimate of drug-likeness (QED) is 0.779. The summed E-state index contributed by atoms with van der Waals surface area (Å²) in [6, 6.07) is -1.45. The third-order valence-electron chi connectivity index (χ3n) is 3.26. The van der Waals surface area contributed by atoms with Crippen LogP contribution < -0.4 is 10.6 Å². The van der Waals surface area contributed by atoms with E-state index in [1.54, 1.807) is 6.92 Å². The van der Waals surface area contributed by atoms with Crippen LogP contribution in [0.1, 0.15) is 46.7 Å². The molecule has 0 saturated heterocycles. The van der Waals surface area contributed by atoms with Crippen molar-refractivity contribution in [3.8, 4) is 0 Å². The van der Waals surface area contributed by atoms with Crippen LogP contribution in [-0.2, 0) is 10.2 Å². The van der Waals surface area contributed by atoms with Gasteiger partial charge in [-0.2, -0.15) is 0 Å². The molecule has 1 aromatic heterocycles. The number of amides is 2.